The number of carbonyl (C=O) groups excluding carboxylic acids is 1. The summed E-state index contributed by atoms with van der Waals surface area (Å²) in [6.45, 7) is 7.23. The molecular formula is C25H40O4. The van der Waals surface area contributed by atoms with Crippen LogP contribution in [-0.4, -0.2) is 29.4 Å². The molecule has 0 radical (unpaired) electrons. The number of aliphatic hydroxyl groups is 2. The Labute approximate surface area is 176 Å². The van der Waals surface area contributed by atoms with Crippen LogP contribution in [-0.2, 0) is 9.53 Å². The monoisotopic (exact) mass is 404 g/mol. The molecule has 0 saturated heterocycles. The van der Waals surface area contributed by atoms with Gasteiger partial charge in [0.2, 0.25) is 0 Å². The maximum absolute atomic E-state index is 11.6. The van der Waals surface area contributed by atoms with E-state index < -0.39 is 0 Å². The fourth-order valence-electron chi connectivity index (χ4n) is 8.43. The third-order valence-electron chi connectivity index (χ3n) is 10.1. The van der Waals surface area contributed by atoms with Crippen LogP contribution in [0.5, 0.6) is 0 Å². The van der Waals surface area contributed by atoms with Gasteiger partial charge in [0, 0.05) is 12.8 Å². The number of rotatable bonds is 4. The maximum Gasteiger partial charge on any atom is 0.305 e. The molecule has 0 aromatic heterocycles. The standard InChI is InChI=1S/C25H40O4/c1-15(5-8-22(28)29-4)18-6-7-19-23-20(10-12-25(18,19)3)24(2)11-9-17(26)13-16(24)14-21(23)27/h13,15-16,18-21,23,26-27H,5-12,14H2,1-4H3/t15?,16-,18?,19?,20?,21+,23?,24-,25?/m0/s1. The molecule has 4 aliphatic carbocycles. The third kappa shape index (κ3) is 3.34. The molecule has 3 saturated carbocycles. The molecule has 2 N–H and O–H groups in total. The van der Waals surface area contributed by atoms with Crippen molar-refractivity contribution >= 4 is 5.97 Å². The summed E-state index contributed by atoms with van der Waals surface area (Å²) in [4.78, 5) is 11.6. The van der Waals surface area contributed by atoms with E-state index in [0.717, 1.165) is 25.7 Å². The molecule has 0 amide bonds. The Bertz CT molecular complexity index is 672. The summed E-state index contributed by atoms with van der Waals surface area (Å²) in [7, 11) is 1.47. The van der Waals surface area contributed by atoms with Crippen molar-refractivity contribution in [3.05, 3.63) is 11.8 Å². The maximum atomic E-state index is 11.6. The number of allylic oxidation sites excluding steroid dienone is 2. The van der Waals surface area contributed by atoms with Gasteiger partial charge in [0.05, 0.1) is 19.0 Å². The van der Waals surface area contributed by atoms with Crippen LogP contribution in [0.15, 0.2) is 11.8 Å². The summed E-state index contributed by atoms with van der Waals surface area (Å²) >= 11 is 0. The molecule has 0 aromatic rings. The predicted molar refractivity (Wildman–Crippen MR) is 113 cm³/mol. The van der Waals surface area contributed by atoms with Crippen LogP contribution < -0.4 is 0 Å². The number of esters is 1. The lowest BCUT2D eigenvalue weighted by molar-refractivity contribution is -0.151. The first-order valence-electron chi connectivity index (χ1n) is 11.8. The highest BCUT2D eigenvalue weighted by molar-refractivity contribution is 5.69. The number of ether oxygens (including phenoxy) is 1. The Hall–Kier alpha value is -1.03. The minimum absolute atomic E-state index is 0.101. The highest BCUT2D eigenvalue weighted by Gasteiger charge is 2.62. The SMILES string of the molecule is COC(=O)CCC(C)C1CCC2C3C(CCC12C)[C@@]1(C)CCC(O)=C[C@H]1C[C@H]3O. The summed E-state index contributed by atoms with van der Waals surface area (Å²) in [6.07, 6.45) is 10.7. The van der Waals surface area contributed by atoms with Crippen molar-refractivity contribution < 1.29 is 19.7 Å². The van der Waals surface area contributed by atoms with Gasteiger partial charge in [0.1, 0.15) is 0 Å². The Morgan fingerprint density at radius 1 is 1.21 bits per heavy atom. The molecule has 29 heavy (non-hydrogen) atoms. The number of methoxy groups -OCH3 is 1. The molecule has 3 fully saturated rings. The van der Waals surface area contributed by atoms with Gasteiger partial charge in [0.25, 0.3) is 0 Å². The summed E-state index contributed by atoms with van der Waals surface area (Å²) in [6, 6.07) is 0. The van der Waals surface area contributed by atoms with Crippen molar-refractivity contribution in [2.75, 3.05) is 7.11 Å². The van der Waals surface area contributed by atoms with Gasteiger partial charge in [0.15, 0.2) is 0 Å². The third-order valence-corrected chi connectivity index (χ3v) is 10.1. The van der Waals surface area contributed by atoms with Crippen LogP contribution in [0, 0.1) is 46.3 Å². The molecule has 164 valence electrons. The largest absolute Gasteiger partial charge is 0.513 e. The van der Waals surface area contributed by atoms with Gasteiger partial charge in [-0.2, -0.15) is 0 Å². The van der Waals surface area contributed by atoms with E-state index in [2.05, 4.69) is 26.8 Å². The molecular weight excluding hydrogens is 364 g/mol. The molecule has 0 heterocycles. The van der Waals surface area contributed by atoms with Crippen molar-refractivity contribution in [3.8, 4) is 0 Å². The highest BCUT2D eigenvalue weighted by Crippen LogP contribution is 2.68. The number of hydrogen-bond donors (Lipinski definition) is 2. The normalized spacial score (nSPS) is 47.4. The molecule has 4 heteroatoms. The molecule has 0 aromatic carbocycles. The molecule has 0 aliphatic heterocycles. The smallest absolute Gasteiger partial charge is 0.305 e. The van der Waals surface area contributed by atoms with E-state index in [1.54, 1.807) is 0 Å². The van der Waals surface area contributed by atoms with Crippen molar-refractivity contribution in [1.82, 2.24) is 0 Å². The van der Waals surface area contributed by atoms with Gasteiger partial charge in [-0.25, -0.2) is 0 Å². The average Bonchev–Trinajstić information content (AvgIpc) is 3.04. The lowest BCUT2D eigenvalue weighted by Gasteiger charge is -2.61. The van der Waals surface area contributed by atoms with Gasteiger partial charge in [-0.1, -0.05) is 20.8 Å². The van der Waals surface area contributed by atoms with Gasteiger partial charge in [-0.3, -0.25) is 4.79 Å². The Balaban J connectivity index is 1.54. The molecule has 4 aliphatic rings. The van der Waals surface area contributed by atoms with Gasteiger partial charge >= 0.3 is 5.97 Å². The molecule has 4 nitrogen and oxygen atoms in total. The molecule has 0 bridgehead atoms. The van der Waals surface area contributed by atoms with Crippen molar-refractivity contribution in [2.24, 2.45) is 46.3 Å². The van der Waals surface area contributed by atoms with E-state index in [-0.39, 0.29) is 22.9 Å². The summed E-state index contributed by atoms with van der Waals surface area (Å²) in [5.41, 5.74) is 0.486. The number of aliphatic hydroxyl groups excluding tert-OH is 2. The van der Waals surface area contributed by atoms with Crippen molar-refractivity contribution in [3.63, 3.8) is 0 Å². The minimum atomic E-state index is -0.256. The Morgan fingerprint density at radius 3 is 2.66 bits per heavy atom. The van der Waals surface area contributed by atoms with Crippen LogP contribution in [0.25, 0.3) is 0 Å². The quantitative estimate of drug-likeness (QED) is 0.628. The van der Waals surface area contributed by atoms with Crippen molar-refractivity contribution in [1.29, 1.82) is 0 Å². The topological polar surface area (TPSA) is 66.8 Å². The lowest BCUT2D eigenvalue weighted by atomic mass is 9.44. The summed E-state index contributed by atoms with van der Waals surface area (Å²) in [5, 5.41) is 21.4. The van der Waals surface area contributed by atoms with E-state index >= 15 is 0 Å². The lowest BCUT2D eigenvalue weighted by Crippen LogP contribution is -2.57. The first kappa shape index (κ1) is 21.2. The van der Waals surface area contributed by atoms with Crippen LogP contribution in [0.2, 0.25) is 0 Å². The van der Waals surface area contributed by atoms with Crippen LogP contribution in [0.3, 0.4) is 0 Å². The highest BCUT2D eigenvalue weighted by atomic mass is 16.5. The van der Waals surface area contributed by atoms with Gasteiger partial charge in [-0.15, -0.1) is 0 Å². The summed E-state index contributed by atoms with van der Waals surface area (Å²) < 4.78 is 4.85. The predicted octanol–water partition coefficient (Wildman–Crippen LogP) is 5.26. The molecule has 4 rings (SSSR count). The van der Waals surface area contributed by atoms with Crippen LogP contribution >= 0.6 is 0 Å². The first-order valence-corrected chi connectivity index (χ1v) is 11.8. The minimum Gasteiger partial charge on any atom is -0.513 e. The van der Waals surface area contributed by atoms with E-state index in [9.17, 15) is 15.0 Å². The van der Waals surface area contributed by atoms with E-state index in [1.165, 1.54) is 32.8 Å². The first-order chi connectivity index (χ1) is 13.7. The number of fused-ring (bicyclic) bond motifs is 5. The van der Waals surface area contributed by atoms with Crippen LogP contribution in [0.4, 0.5) is 0 Å². The van der Waals surface area contributed by atoms with Gasteiger partial charge in [-0.05, 0) is 97.4 Å². The molecule has 0 spiro atoms. The van der Waals surface area contributed by atoms with E-state index in [4.69, 9.17) is 4.74 Å². The number of hydrogen-bond acceptors (Lipinski definition) is 4. The van der Waals surface area contributed by atoms with Crippen LogP contribution in [0.1, 0.15) is 78.6 Å². The fourth-order valence-corrected chi connectivity index (χ4v) is 8.43. The summed E-state index contributed by atoms with van der Waals surface area (Å²) in [5.74, 6) is 3.41. The second kappa shape index (κ2) is 7.59. The van der Waals surface area contributed by atoms with E-state index in [0.29, 0.717) is 47.7 Å². The average molecular weight is 405 g/mol. The second-order valence-corrected chi connectivity index (χ2v) is 11.2. The molecule has 9 atom stereocenters. The van der Waals surface area contributed by atoms with Crippen molar-refractivity contribution in [2.45, 2.75) is 84.7 Å². The van der Waals surface area contributed by atoms with Gasteiger partial charge < -0.3 is 14.9 Å². The zero-order valence-corrected chi connectivity index (χ0v) is 18.7. The Kier molecular flexibility index (Phi) is 5.55. The zero-order valence-electron chi connectivity index (χ0n) is 18.7. The zero-order chi connectivity index (χ0) is 21.0. The molecule has 6 unspecified atom stereocenters. The number of carbonyl (C=O) groups is 1. The Morgan fingerprint density at radius 2 is 1.93 bits per heavy atom. The fraction of sp³-hybridized carbons (Fsp3) is 0.880. The van der Waals surface area contributed by atoms with E-state index in [1.807, 2.05) is 0 Å². The second-order valence-electron chi connectivity index (χ2n) is 11.2.